The van der Waals surface area contributed by atoms with E-state index in [1.165, 1.54) is 38.5 Å². The molecule has 0 aromatic carbocycles. The van der Waals surface area contributed by atoms with E-state index in [9.17, 15) is 0 Å². The first-order valence-corrected chi connectivity index (χ1v) is 7.40. The van der Waals surface area contributed by atoms with Gasteiger partial charge in [-0.15, -0.1) is 0 Å². The highest BCUT2D eigenvalue weighted by molar-refractivity contribution is 4.82. The molecule has 1 N–H and O–H groups in total. The molecule has 4 unspecified atom stereocenters. The van der Waals surface area contributed by atoms with E-state index in [1.807, 2.05) is 0 Å². The predicted octanol–water partition coefficient (Wildman–Crippen LogP) is 4.23. The van der Waals surface area contributed by atoms with Crippen molar-refractivity contribution in [1.29, 1.82) is 0 Å². The third-order valence-corrected chi connectivity index (χ3v) is 4.37. The van der Waals surface area contributed by atoms with Gasteiger partial charge in [0.15, 0.2) is 0 Å². The summed E-state index contributed by atoms with van der Waals surface area (Å²) in [5.41, 5.74) is 0. The number of nitrogens with one attached hydrogen (secondary N) is 1. The number of hydrogen-bond donors (Lipinski definition) is 1. The van der Waals surface area contributed by atoms with Crippen LogP contribution < -0.4 is 5.32 Å². The van der Waals surface area contributed by atoms with E-state index in [0.717, 1.165) is 30.3 Å². The van der Waals surface area contributed by atoms with Crippen LogP contribution in [0, 0.1) is 17.8 Å². The van der Waals surface area contributed by atoms with Crippen molar-refractivity contribution in [2.45, 2.75) is 72.3 Å². The van der Waals surface area contributed by atoms with Gasteiger partial charge in [-0.05, 0) is 43.6 Å². The van der Waals surface area contributed by atoms with Crippen molar-refractivity contribution >= 4 is 0 Å². The number of hydrogen-bond acceptors (Lipinski definition) is 1. The Bertz CT molecular complexity index is 178. The molecule has 96 valence electrons. The minimum atomic E-state index is 0.780. The second-order valence-corrected chi connectivity index (χ2v) is 5.95. The second kappa shape index (κ2) is 7.32. The molecular weight excluding hydrogens is 194 g/mol. The molecule has 4 atom stereocenters. The molecule has 0 amide bonds. The van der Waals surface area contributed by atoms with Crippen LogP contribution in [-0.4, -0.2) is 12.6 Å². The Morgan fingerprint density at radius 3 is 2.56 bits per heavy atom. The zero-order chi connectivity index (χ0) is 12.0. The third kappa shape index (κ3) is 4.45. The summed E-state index contributed by atoms with van der Waals surface area (Å²) in [4.78, 5) is 0. The lowest BCUT2D eigenvalue weighted by Crippen LogP contribution is -2.39. The van der Waals surface area contributed by atoms with Crippen molar-refractivity contribution in [3.8, 4) is 0 Å². The zero-order valence-corrected chi connectivity index (χ0v) is 11.8. The molecule has 0 bridgehead atoms. The van der Waals surface area contributed by atoms with Gasteiger partial charge in [-0.1, -0.05) is 47.0 Å². The van der Waals surface area contributed by atoms with E-state index in [0.29, 0.717) is 0 Å². The SMILES string of the molecule is CCNC(CC(C)CC)C1CCCC(C)C1. The minimum absolute atomic E-state index is 0.780. The number of rotatable bonds is 6. The van der Waals surface area contributed by atoms with E-state index < -0.39 is 0 Å². The molecule has 1 aliphatic rings. The summed E-state index contributed by atoms with van der Waals surface area (Å²) in [5, 5.41) is 3.74. The van der Waals surface area contributed by atoms with E-state index in [1.54, 1.807) is 0 Å². The molecule has 1 rings (SSSR count). The van der Waals surface area contributed by atoms with E-state index in [-0.39, 0.29) is 0 Å². The standard InChI is InChI=1S/C15H31N/c1-5-12(3)11-15(16-6-2)14-9-7-8-13(4)10-14/h12-16H,5-11H2,1-4H3. The minimum Gasteiger partial charge on any atom is -0.314 e. The van der Waals surface area contributed by atoms with Gasteiger partial charge >= 0.3 is 0 Å². The zero-order valence-electron chi connectivity index (χ0n) is 11.8. The van der Waals surface area contributed by atoms with Crippen LogP contribution in [0.5, 0.6) is 0 Å². The molecule has 0 spiro atoms. The molecule has 1 nitrogen and oxygen atoms in total. The Morgan fingerprint density at radius 2 is 2.00 bits per heavy atom. The van der Waals surface area contributed by atoms with E-state index >= 15 is 0 Å². The molecular formula is C15H31N. The maximum atomic E-state index is 3.74. The van der Waals surface area contributed by atoms with Crippen LogP contribution in [0.4, 0.5) is 0 Å². The third-order valence-electron chi connectivity index (χ3n) is 4.37. The van der Waals surface area contributed by atoms with Gasteiger partial charge in [0, 0.05) is 6.04 Å². The molecule has 0 aromatic rings. The second-order valence-electron chi connectivity index (χ2n) is 5.95. The molecule has 1 fully saturated rings. The highest BCUT2D eigenvalue weighted by Gasteiger charge is 2.26. The molecule has 1 aliphatic carbocycles. The molecule has 0 aliphatic heterocycles. The highest BCUT2D eigenvalue weighted by atomic mass is 14.9. The van der Waals surface area contributed by atoms with Crippen molar-refractivity contribution in [3.05, 3.63) is 0 Å². The van der Waals surface area contributed by atoms with Crippen LogP contribution in [0.2, 0.25) is 0 Å². The maximum Gasteiger partial charge on any atom is 0.00978 e. The molecule has 16 heavy (non-hydrogen) atoms. The van der Waals surface area contributed by atoms with Gasteiger partial charge in [-0.3, -0.25) is 0 Å². The normalized spacial score (nSPS) is 30.0. The summed E-state index contributed by atoms with van der Waals surface area (Å²) in [5.74, 6) is 2.77. The maximum absolute atomic E-state index is 3.74. The van der Waals surface area contributed by atoms with Gasteiger partial charge in [0.05, 0.1) is 0 Å². The molecule has 0 saturated heterocycles. The first-order valence-electron chi connectivity index (χ1n) is 7.40. The van der Waals surface area contributed by atoms with Gasteiger partial charge in [-0.2, -0.15) is 0 Å². The molecule has 0 radical (unpaired) electrons. The van der Waals surface area contributed by atoms with Crippen LogP contribution in [0.25, 0.3) is 0 Å². The molecule has 0 heterocycles. The van der Waals surface area contributed by atoms with Crippen LogP contribution in [-0.2, 0) is 0 Å². The van der Waals surface area contributed by atoms with Gasteiger partial charge in [0.1, 0.15) is 0 Å². The van der Waals surface area contributed by atoms with Crippen molar-refractivity contribution < 1.29 is 0 Å². The lowest BCUT2D eigenvalue weighted by atomic mass is 9.76. The fraction of sp³-hybridized carbons (Fsp3) is 1.00. The van der Waals surface area contributed by atoms with Gasteiger partial charge in [0.2, 0.25) is 0 Å². The highest BCUT2D eigenvalue weighted by Crippen LogP contribution is 2.33. The monoisotopic (exact) mass is 225 g/mol. The molecule has 1 saturated carbocycles. The first kappa shape index (κ1) is 14.0. The summed E-state index contributed by atoms with van der Waals surface area (Å²) in [7, 11) is 0. The fourth-order valence-electron chi connectivity index (χ4n) is 3.15. The van der Waals surface area contributed by atoms with Crippen molar-refractivity contribution in [2.24, 2.45) is 17.8 Å². The molecule has 0 aromatic heterocycles. The topological polar surface area (TPSA) is 12.0 Å². The average Bonchev–Trinajstić information content (AvgIpc) is 2.28. The van der Waals surface area contributed by atoms with Gasteiger partial charge < -0.3 is 5.32 Å². The van der Waals surface area contributed by atoms with Crippen molar-refractivity contribution in [3.63, 3.8) is 0 Å². The predicted molar refractivity (Wildman–Crippen MR) is 72.7 cm³/mol. The Morgan fingerprint density at radius 1 is 1.25 bits per heavy atom. The van der Waals surface area contributed by atoms with Crippen LogP contribution in [0.1, 0.15) is 66.2 Å². The van der Waals surface area contributed by atoms with Crippen molar-refractivity contribution in [2.75, 3.05) is 6.54 Å². The lowest BCUT2D eigenvalue weighted by molar-refractivity contribution is 0.202. The Hall–Kier alpha value is -0.0400. The molecule has 1 heteroatoms. The van der Waals surface area contributed by atoms with E-state index in [4.69, 9.17) is 0 Å². The Labute approximate surface area is 102 Å². The first-order chi connectivity index (χ1) is 7.67. The Kier molecular flexibility index (Phi) is 6.41. The average molecular weight is 225 g/mol. The lowest BCUT2D eigenvalue weighted by Gasteiger charge is -2.35. The summed E-state index contributed by atoms with van der Waals surface area (Å²) in [6.07, 6.45) is 8.52. The van der Waals surface area contributed by atoms with Crippen LogP contribution >= 0.6 is 0 Å². The summed E-state index contributed by atoms with van der Waals surface area (Å²) in [6, 6.07) is 0.780. The smallest absolute Gasteiger partial charge is 0.00978 e. The summed E-state index contributed by atoms with van der Waals surface area (Å²) in [6.45, 7) is 10.5. The van der Waals surface area contributed by atoms with E-state index in [2.05, 4.69) is 33.0 Å². The largest absolute Gasteiger partial charge is 0.314 e. The summed E-state index contributed by atoms with van der Waals surface area (Å²) < 4.78 is 0. The summed E-state index contributed by atoms with van der Waals surface area (Å²) >= 11 is 0. The van der Waals surface area contributed by atoms with Crippen LogP contribution in [0.15, 0.2) is 0 Å². The quantitative estimate of drug-likeness (QED) is 0.713. The van der Waals surface area contributed by atoms with Crippen LogP contribution in [0.3, 0.4) is 0 Å². The van der Waals surface area contributed by atoms with Crippen molar-refractivity contribution in [1.82, 2.24) is 5.32 Å². The van der Waals surface area contributed by atoms with Gasteiger partial charge in [-0.25, -0.2) is 0 Å². The fourth-order valence-corrected chi connectivity index (χ4v) is 3.15. The Balaban J connectivity index is 2.47. The van der Waals surface area contributed by atoms with Gasteiger partial charge in [0.25, 0.3) is 0 Å².